The first-order chi connectivity index (χ1) is 7.63. The van der Waals surface area contributed by atoms with Crippen LogP contribution in [0.3, 0.4) is 0 Å². The predicted octanol–water partition coefficient (Wildman–Crippen LogP) is 4.50. The van der Waals surface area contributed by atoms with Crippen LogP contribution in [-0.2, 0) is 0 Å². The SMILES string of the molecule is C=C(/C=C(\C=C(\C)O)c1ccccc1)CC. The molecule has 0 radical (unpaired) electrons. The average Bonchev–Trinajstić information content (AvgIpc) is 2.28. The van der Waals surface area contributed by atoms with Gasteiger partial charge in [-0.05, 0) is 30.6 Å². The number of aliphatic hydroxyl groups is 1. The van der Waals surface area contributed by atoms with Gasteiger partial charge < -0.3 is 5.11 Å². The summed E-state index contributed by atoms with van der Waals surface area (Å²) in [4.78, 5) is 0. The van der Waals surface area contributed by atoms with Gasteiger partial charge in [0.2, 0.25) is 0 Å². The van der Waals surface area contributed by atoms with Crippen LogP contribution in [-0.4, -0.2) is 5.11 Å². The van der Waals surface area contributed by atoms with E-state index in [9.17, 15) is 5.11 Å². The molecule has 84 valence electrons. The van der Waals surface area contributed by atoms with Crippen molar-refractivity contribution >= 4 is 5.57 Å². The summed E-state index contributed by atoms with van der Waals surface area (Å²) in [7, 11) is 0. The van der Waals surface area contributed by atoms with Gasteiger partial charge in [-0.25, -0.2) is 0 Å². The second kappa shape index (κ2) is 5.96. The Balaban J connectivity index is 3.12. The zero-order valence-electron chi connectivity index (χ0n) is 9.90. The third-order valence-electron chi connectivity index (χ3n) is 2.29. The minimum atomic E-state index is 0.305. The molecule has 0 bridgehead atoms. The van der Waals surface area contributed by atoms with Crippen LogP contribution in [0, 0.1) is 0 Å². The van der Waals surface area contributed by atoms with Crippen LogP contribution in [0.4, 0.5) is 0 Å². The van der Waals surface area contributed by atoms with Gasteiger partial charge in [-0.3, -0.25) is 0 Å². The van der Waals surface area contributed by atoms with Crippen LogP contribution in [0.2, 0.25) is 0 Å². The molecule has 0 aliphatic rings. The largest absolute Gasteiger partial charge is 0.513 e. The number of hydrogen-bond acceptors (Lipinski definition) is 1. The van der Waals surface area contributed by atoms with Crippen molar-refractivity contribution in [2.45, 2.75) is 20.3 Å². The summed E-state index contributed by atoms with van der Waals surface area (Å²) >= 11 is 0. The molecule has 0 aliphatic heterocycles. The van der Waals surface area contributed by atoms with Gasteiger partial charge in [0.25, 0.3) is 0 Å². The van der Waals surface area contributed by atoms with Gasteiger partial charge in [-0.1, -0.05) is 55.5 Å². The summed E-state index contributed by atoms with van der Waals surface area (Å²) in [5.41, 5.74) is 3.13. The molecule has 0 fully saturated rings. The Hall–Kier alpha value is -1.76. The van der Waals surface area contributed by atoms with Crippen molar-refractivity contribution in [3.63, 3.8) is 0 Å². The average molecular weight is 214 g/mol. The van der Waals surface area contributed by atoms with Gasteiger partial charge in [0.05, 0.1) is 5.76 Å². The first kappa shape index (κ1) is 12.3. The van der Waals surface area contributed by atoms with E-state index < -0.39 is 0 Å². The van der Waals surface area contributed by atoms with E-state index in [-0.39, 0.29) is 0 Å². The first-order valence-electron chi connectivity index (χ1n) is 5.45. The lowest BCUT2D eigenvalue weighted by atomic mass is 10.0. The highest BCUT2D eigenvalue weighted by molar-refractivity contribution is 5.76. The van der Waals surface area contributed by atoms with Gasteiger partial charge in [-0.2, -0.15) is 0 Å². The molecule has 1 N–H and O–H groups in total. The normalized spacial score (nSPS) is 12.6. The number of benzene rings is 1. The lowest BCUT2D eigenvalue weighted by molar-refractivity contribution is 0.415. The molecule has 0 aliphatic carbocycles. The highest BCUT2D eigenvalue weighted by Crippen LogP contribution is 2.19. The smallest absolute Gasteiger partial charge is 0.0897 e. The third-order valence-corrected chi connectivity index (χ3v) is 2.29. The standard InChI is InChI=1S/C15H18O/c1-4-12(2)10-15(11-13(3)16)14-8-6-5-7-9-14/h5-11,16H,2,4H2,1,3H3/b13-11-,15-10+. The molecule has 1 aromatic rings. The minimum Gasteiger partial charge on any atom is -0.513 e. The molecule has 0 spiro atoms. The second-order valence-corrected chi connectivity index (χ2v) is 3.76. The highest BCUT2D eigenvalue weighted by atomic mass is 16.3. The van der Waals surface area contributed by atoms with E-state index in [0.717, 1.165) is 23.1 Å². The molecular weight excluding hydrogens is 196 g/mol. The monoisotopic (exact) mass is 214 g/mol. The summed E-state index contributed by atoms with van der Waals surface area (Å²) in [6.45, 7) is 7.70. The first-order valence-corrected chi connectivity index (χ1v) is 5.45. The molecule has 1 heteroatoms. The van der Waals surface area contributed by atoms with Gasteiger partial charge in [0, 0.05) is 0 Å². The number of aliphatic hydroxyl groups excluding tert-OH is 1. The maximum Gasteiger partial charge on any atom is 0.0897 e. The van der Waals surface area contributed by atoms with E-state index in [2.05, 4.69) is 13.5 Å². The van der Waals surface area contributed by atoms with Crippen LogP contribution in [0.25, 0.3) is 5.57 Å². The highest BCUT2D eigenvalue weighted by Gasteiger charge is 1.99. The Labute approximate surface area is 97.4 Å². The summed E-state index contributed by atoms with van der Waals surface area (Å²) < 4.78 is 0. The van der Waals surface area contributed by atoms with Crippen LogP contribution >= 0.6 is 0 Å². The van der Waals surface area contributed by atoms with E-state index in [1.807, 2.05) is 36.4 Å². The lowest BCUT2D eigenvalue weighted by Gasteiger charge is -2.04. The van der Waals surface area contributed by atoms with Gasteiger partial charge in [-0.15, -0.1) is 0 Å². The molecule has 0 aromatic heterocycles. The fourth-order valence-corrected chi connectivity index (χ4v) is 1.39. The summed E-state index contributed by atoms with van der Waals surface area (Å²) in [5.74, 6) is 0.305. The molecule has 0 heterocycles. The Kier molecular flexibility index (Phi) is 4.59. The lowest BCUT2D eigenvalue weighted by Crippen LogP contribution is -1.84. The maximum absolute atomic E-state index is 9.36. The number of hydrogen-bond donors (Lipinski definition) is 1. The van der Waals surface area contributed by atoms with Crippen molar-refractivity contribution in [3.8, 4) is 0 Å². The molecule has 0 saturated heterocycles. The van der Waals surface area contributed by atoms with Crippen molar-refractivity contribution < 1.29 is 5.11 Å². The fourth-order valence-electron chi connectivity index (χ4n) is 1.39. The minimum absolute atomic E-state index is 0.305. The topological polar surface area (TPSA) is 20.2 Å². The second-order valence-electron chi connectivity index (χ2n) is 3.76. The zero-order chi connectivity index (χ0) is 12.0. The Morgan fingerprint density at radius 2 is 1.88 bits per heavy atom. The van der Waals surface area contributed by atoms with Crippen molar-refractivity contribution in [1.29, 1.82) is 0 Å². The Bertz CT molecular complexity index is 406. The molecule has 0 saturated carbocycles. The van der Waals surface area contributed by atoms with Crippen LogP contribution < -0.4 is 0 Å². The van der Waals surface area contributed by atoms with E-state index in [1.54, 1.807) is 13.0 Å². The number of allylic oxidation sites excluding steroid dienone is 5. The van der Waals surface area contributed by atoms with E-state index in [4.69, 9.17) is 0 Å². The van der Waals surface area contributed by atoms with Crippen molar-refractivity contribution in [3.05, 3.63) is 66.0 Å². The maximum atomic E-state index is 9.36. The molecule has 1 aromatic carbocycles. The summed E-state index contributed by atoms with van der Waals surface area (Å²) in [6.07, 6.45) is 4.68. The van der Waals surface area contributed by atoms with Crippen molar-refractivity contribution in [1.82, 2.24) is 0 Å². The molecule has 1 nitrogen and oxygen atoms in total. The molecule has 0 amide bonds. The molecule has 0 atom stereocenters. The molecule has 0 unspecified atom stereocenters. The van der Waals surface area contributed by atoms with Gasteiger partial charge >= 0.3 is 0 Å². The Morgan fingerprint density at radius 1 is 1.25 bits per heavy atom. The van der Waals surface area contributed by atoms with E-state index in [1.165, 1.54) is 0 Å². The van der Waals surface area contributed by atoms with E-state index in [0.29, 0.717) is 5.76 Å². The molecular formula is C15H18O. The van der Waals surface area contributed by atoms with Crippen LogP contribution in [0.1, 0.15) is 25.8 Å². The van der Waals surface area contributed by atoms with Crippen molar-refractivity contribution in [2.24, 2.45) is 0 Å². The van der Waals surface area contributed by atoms with E-state index >= 15 is 0 Å². The Morgan fingerprint density at radius 3 is 2.38 bits per heavy atom. The third kappa shape index (κ3) is 3.77. The van der Waals surface area contributed by atoms with Gasteiger partial charge in [0.15, 0.2) is 0 Å². The van der Waals surface area contributed by atoms with Crippen LogP contribution in [0.15, 0.2) is 60.4 Å². The predicted molar refractivity (Wildman–Crippen MR) is 70.2 cm³/mol. The van der Waals surface area contributed by atoms with Crippen molar-refractivity contribution in [2.75, 3.05) is 0 Å². The molecule has 16 heavy (non-hydrogen) atoms. The number of rotatable bonds is 4. The quantitative estimate of drug-likeness (QED) is 0.578. The molecule has 1 rings (SSSR count). The van der Waals surface area contributed by atoms with Gasteiger partial charge in [0.1, 0.15) is 0 Å². The fraction of sp³-hybridized carbons (Fsp3) is 0.200. The zero-order valence-corrected chi connectivity index (χ0v) is 9.90. The van der Waals surface area contributed by atoms with Crippen LogP contribution in [0.5, 0.6) is 0 Å². The summed E-state index contributed by atoms with van der Waals surface area (Å²) in [6, 6.07) is 9.99. The summed E-state index contributed by atoms with van der Waals surface area (Å²) in [5, 5.41) is 9.36.